The molecule has 1 aromatic carbocycles. The Bertz CT molecular complexity index is 407. The van der Waals surface area contributed by atoms with Gasteiger partial charge in [-0.3, -0.25) is 4.79 Å². The molecule has 0 amide bonds. The van der Waals surface area contributed by atoms with Crippen molar-refractivity contribution in [1.82, 2.24) is 0 Å². The quantitative estimate of drug-likeness (QED) is 0.657. The first-order valence-corrected chi connectivity index (χ1v) is 5.63. The molecule has 1 fully saturated rings. The summed E-state index contributed by atoms with van der Waals surface area (Å²) in [6.07, 6.45) is 5.73. The molecule has 0 N–H and O–H groups in total. The fourth-order valence-electron chi connectivity index (χ4n) is 1.85. The first kappa shape index (κ1) is 10.4. The van der Waals surface area contributed by atoms with Crippen LogP contribution >= 0.6 is 11.6 Å². The van der Waals surface area contributed by atoms with Crippen molar-refractivity contribution in [2.75, 3.05) is 0 Å². The molecule has 0 atom stereocenters. The van der Waals surface area contributed by atoms with Crippen LogP contribution in [0.2, 0.25) is 5.02 Å². The minimum Gasteiger partial charge on any atom is -0.295 e. The van der Waals surface area contributed by atoms with Crippen molar-refractivity contribution < 1.29 is 4.79 Å². The molecule has 0 heterocycles. The fourth-order valence-corrected chi connectivity index (χ4v) is 2.05. The number of hydrogen-bond donors (Lipinski definition) is 0. The zero-order valence-corrected chi connectivity index (χ0v) is 9.26. The molecular formula is C13H13ClO. The van der Waals surface area contributed by atoms with E-state index in [4.69, 9.17) is 11.6 Å². The SMILES string of the molecule is O=C1CCCC/C1=C\c1cccc(Cl)c1. The summed E-state index contributed by atoms with van der Waals surface area (Å²) < 4.78 is 0. The molecule has 0 spiro atoms. The zero-order chi connectivity index (χ0) is 10.7. The molecule has 0 radical (unpaired) electrons. The molecule has 1 aliphatic rings. The number of Topliss-reactive ketones (excluding diaryl/α,β-unsaturated/α-hetero) is 1. The number of carbonyl (C=O) groups is 1. The van der Waals surface area contributed by atoms with Crippen LogP contribution in [0.1, 0.15) is 31.2 Å². The molecule has 1 aliphatic carbocycles. The van der Waals surface area contributed by atoms with Crippen LogP contribution in [0, 0.1) is 0 Å². The lowest BCUT2D eigenvalue weighted by Gasteiger charge is -2.12. The second-order valence-electron chi connectivity index (χ2n) is 3.85. The Morgan fingerprint density at radius 1 is 1.20 bits per heavy atom. The van der Waals surface area contributed by atoms with Gasteiger partial charge >= 0.3 is 0 Å². The molecule has 0 aromatic heterocycles. The predicted molar refractivity (Wildman–Crippen MR) is 62.9 cm³/mol. The van der Waals surface area contributed by atoms with Gasteiger partial charge in [0.1, 0.15) is 0 Å². The van der Waals surface area contributed by atoms with E-state index < -0.39 is 0 Å². The Hall–Kier alpha value is -1.08. The highest BCUT2D eigenvalue weighted by molar-refractivity contribution is 6.30. The van der Waals surface area contributed by atoms with Crippen LogP contribution in [-0.2, 0) is 4.79 Å². The van der Waals surface area contributed by atoms with E-state index in [2.05, 4.69) is 0 Å². The maximum Gasteiger partial charge on any atom is 0.158 e. The molecule has 1 saturated carbocycles. The Balaban J connectivity index is 2.25. The van der Waals surface area contributed by atoms with Crippen molar-refractivity contribution in [3.8, 4) is 0 Å². The summed E-state index contributed by atoms with van der Waals surface area (Å²) in [5.41, 5.74) is 1.97. The van der Waals surface area contributed by atoms with Crippen LogP contribution in [0.15, 0.2) is 29.8 Å². The highest BCUT2D eigenvalue weighted by Gasteiger charge is 2.14. The minimum absolute atomic E-state index is 0.293. The van der Waals surface area contributed by atoms with Crippen molar-refractivity contribution >= 4 is 23.5 Å². The second kappa shape index (κ2) is 4.63. The van der Waals surface area contributed by atoms with Gasteiger partial charge in [-0.2, -0.15) is 0 Å². The lowest BCUT2D eigenvalue weighted by atomic mass is 9.92. The zero-order valence-electron chi connectivity index (χ0n) is 8.50. The minimum atomic E-state index is 0.293. The second-order valence-corrected chi connectivity index (χ2v) is 4.29. The van der Waals surface area contributed by atoms with Crippen LogP contribution < -0.4 is 0 Å². The molecule has 2 heteroatoms. The molecule has 0 saturated heterocycles. The largest absolute Gasteiger partial charge is 0.295 e. The van der Waals surface area contributed by atoms with Crippen LogP contribution in [0.3, 0.4) is 0 Å². The van der Waals surface area contributed by atoms with Crippen LogP contribution in [0.25, 0.3) is 6.08 Å². The van der Waals surface area contributed by atoms with Gasteiger partial charge in [0.05, 0.1) is 0 Å². The normalized spacial score (nSPS) is 19.5. The summed E-state index contributed by atoms with van der Waals surface area (Å²) in [4.78, 5) is 11.6. The van der Waals surface area contributed by atoms with Gasteiger partial charge in [0.15, 0.2) is 5.78 Å². The number of benzene rings is 1. The summed E-state index contributed by atoms with van der Waals surface area (Å²) in [5.74, 6) is 0.293. The van der Waals surface area contributed by atoms with Crippen molar-refractivity contribution in [1.29, 1.82) is 0 Å². The molecular weight excluding hydrogens is 208 g/mol. The lowest BCUT2D eigenvalue weighted by Crippen LogP contribution is -2.07. The van der Waals surface area contributed by atoms with Gasteiger partial charge in [0.25, 0.3) is 0 Å². The predicted octanol–water partition coefficient (Wildman–Crippen LogP) is 3.87. The van der Waals surface area contributed by atoms with Crippen LogP contribution in [0.4, 0.5) is 0 Å². The summed E-state index contributed by atoms with van der Waals surface area (Å²) in [6.45, 7) is 0. The van der Waals surface area contributed by atoms with Crippen molar-refractivity contribution in [3.05, 3.63) is 40.4 Å². The summed E-state index contributed by atoms with van der Waals surface area (Å²) in [7, 11) is 0. The molecule has 2 rings (SSSR count). The highest BCUT2D eigenvalue weighted by atomic mass is 35.5. The maximum absolute atomic E-state index is 11.6. The van der Waals surface area contributed by atoms with E-state index in [9.17, 15) is 4.79 Å². The van der Waals surface area contributed by atoms with Gasteiger partial charge < -0.3 is 0 Å². The van der Waals surface area contributed by atoms with E-state index in [-0.39, 0.29) is 0 Å². The van der Waals surface area contributed by atoms with Gasteiger partial charge in [0.2, 0.25) is 0 Å². The molecule has 0 unspecified atom stereocenters. The van der Waals surface area contributed by atoms with E-state index >= 15 is 0 Å². The van der Waals surface area contributed by atoms with Crippen molar-refractivity contribution in [2.24, 2.45) is 0 Å². The lowest BCUT2D eigenvalue weighted by molar-refractivity contribution is -0.116. The third-order valence-electron chi connectivity index (χ3n) is 2.65. The Morgan fingerprint density at radius 3 is 2.73 bits per heavy atom. The Morgan fingerprint density at radius 2 is 2.00 bits per heavy atom. The summed E-state index contributed by atoms with van der Waals surface area (Å²) >= 11 is 5.88. The Kier molecular flexibility index (Phi) is 3.22. The number of ketones is 1. The van der Waals surface area contributed by atoms with Gasteiger partial charge in [-0.15, -0.1) is 0 Å². The number of rotatable bonds is 1. The van der Waals surface area contributed by atoms with Gasteiger partial charge in [-0.1, -0.05) is 23.7 Å². The van der Waals surface area contributed by atoms with E-state index in [1.165, 1.54) is 0 Å². The fraction of sp³-hybridized carbons (Fsp3) is 0.308. The third kappa shape index (κ3) is 2.69. The molecule has 15 heavy (non-hydrogen) atoms. The van der Waals surface area contributed by atoms with E-state index in [1.54, 1.807) is 0 Å². The maximum atomic E-state index is 11.6. The monoisotopic (exact) mass is 220 g/mol. The van der Waals surface area contributed by atoms with Gasteiger partial charge in [-0.25, -0.2) is 0 Å². The summed E-state index contributed by atoms with van der Waals surface area (Å²) in [6, 6.07) is 7.60. The molecule has 78 valence electrons. The molecule has 0 bridgehead atoms. The average molecular weight is 221 g/mol. The van der Waals surface area contributed by atoms with Crippen molar-refractivity contribution in [3.63, 3.8) is 0 Å². The smallest absolute Gasteiger partial charge is 0.158 e. The van der Waals surface area contributed by atoms with E-state index in [0.717, 1.165) is 30.4 Å². The van der Waals surface area contributed by atoms with Gasteiger partial charge in [0, 0.05) is 11.4 Å². The third-order valence-corrected chi connectivity index (χ3v) is 2.88. The molecule has 1 aromatic rings. The topological polar surface area (TPSA) is 17.1 Å². The highest BCUT2D eigenvalue weighted by Crippen LogP contribution is 2.23. The van der Waals surface area contributed by atoms with Crippen LogP contribution in [0.5, 0.6) is 0 Å². The standard InChI is InChI=1S/C13H13ClO/c14-12-6-3-4-10(9-12)8-11-5-1-2-7-13(11)15/h3-4,6,8-9H,1-2,5,7H2/b11-8+. The number of hydrogen-bond acceptors (Lipinski definition) is 1. The number of carbonyl (C=O) groups excluding carboxylic acids is 1. The molecule has 1 nitrogen and oxygen atoms in total. The first-order chi connectivity index (χ1) is 7.25. The van der Waals surface area contributed by atoms with Crippen LogP contribution in [-0.4, -0.2) is 5.78 Å². The average Bonchev–Trinajstić information content (AvgIpc) is 2.22. The van der Waals surface area contributed by atoms with Gasteiger partial charge in [-0.05, 0) is 48.6 Å². The van der Waals surface area contributed by atoms with E-state index in [0.29, 0.717) is 17.2 Å². The molecule has 0 aliphatic heterocycles. The van der Waals surface area contributed by atoms with Crippen molar-refractivity contribution in [2.45, 2.75) is 25.7 Å². The Labute approximate surface area is 94.8 Å². The first-order valence-electron chi connectivity index (χ1n) is 5.25. The van der Waals surface area contributed by atoms with E-state index in [1.807, 2.05) is 30.3 Å². The summed E-state index contributed by atoms with van der Waals surface area (Å²) in [5, 5.41) is 0.715. The number of halogens is 1. The number of allylic oxidation sites excluding steroid dienone is 1.